The van der Waals surface area contributed by atoms with E-state index in [2.05, 4.69) is 168 Å². The molecule has 4 nitrogen and oxygen atoms in total. The van der Waals surface area contributed by atoms with Gasteiger partial charge in [0.05, 0.1) is 18.5 Å². The second-order valence-corrected chi connectivity index (χ2v) is 16.0. The second-order valence-electron chi connectivity index (χ2n) is 13.8. The molecule has 1 saturated heterocycles. The quantitative estimate of drug-likeness (QED) is 0.191. The van der Waals surface area contributed by atoms with Crippen molar-refractivity contribution in [2.75, 3.05) is 7.05 Å². The standard InChI is InChI=1S/C46H33N3OS2/c1-49-45(27-11-3-2-4-12-27)47-44(28-21-23-32-31-14-6-8-20-39(31)51-40(32)25-28)48-46(49)29-22-24-33-36-17-10-18-37(43(36)52-41(33)26-29)35-16-9-15-34-30-13-5-7-19-38(30)50-42(34)35/h2-26,44-48H,1H3. The van der Waals surface area contributed by atoms with Gasteiger partial charge in [0.2, 0.25) is 0 Å². The molecule has 11 rings (SSSR count). The summed E-state index contributed by atoms with van der Waals surface area (Å²) in [6, 6.07) is 55.0. The highest BCUT2D eigenvalue weighted by atomic mass is 32.1. The van der Waals surface area contributed by atoms with Crippen LogP contribution in [0.1, 0.15) is 35.2 Å². The summed E-state index contributed by atoms with van der Waals surface area (Å²) in [5.41, 5.74) is 7.95. The van der Waals surface area contributed by atoms with Gasteiger partial charge in [-0.2, -0.15) is 0 Å². The van der Waals surface area contributed by atoms with E-state index < -0.39 is 0 Å². The molecule has 0 aliphatic carbocycles. The van der Waals surface area contributed by atoms with E-state index in [1.807, 2.05) is 28.7 Å². The minimum Gasteiger partial charge on any atom is -0.455 e. The maximum Gasteiger partial charge on any atom is 0.143 e. The molecule has 2 N–H and O–H groups in total. The Morgan fingerprint density at radius 1 is 0.481 bits per heavy atom. The lowest BCUT2D eigenvalue weighted by Crippen LogP contribution is -2.54. The molecule has 0 radical (unpaired) electrons. The van der Waals surface area contributed by atoms with E-state index in [1.54, 1.807) is 0 Å². The van der Waals surface area contributed by atoms with Gasteiger partial charge in [0.15, 0.2) is 0 Å². The SMILES string of the molecule is CN1C(c2ccccc2)NC(c2ccc3c(c2)sc2ccccc23)NC1c1ccc2c(c1)sc1c(-c3cccc4c3oc3ccccc34)cccc12. The zero-order valence-corrected chi connectivity index (χ0v) is 30.0. The van der Waals surface area contributed by atoms with Crippen LogP contribution in [0.15, 0.2) is 156 Å². The summed E-state index contributed by atoms with van der Waals surface area (Å²) >= 11 is 3.74. The lowest BCUT2D eigenvalue weighted by atomic mass is 9.99. The molecule has 1 aliphatic heterocycles. The average molecular weight is 708 g/mol. The van der Waals surface area contributed by atoms with Crippen molar-refractivity contribution in [3.8, 4) is 11.1 Å². The lowest BCUT2D eigenvalue weighted by molar-refractivity contribution is 0.0417. The summed E-state index contributed by atoms with van der Waals surface area (Å²) in [6.45, 7) is 0. The maximum atomic E-state index is 6.49. The molecule has 4 heterocycles. The van der Waals surface area contributed by atoms with Crippen molar-refractivity contribution in [3.05, 3.63) is 168 Å². The summed E-state index contributed by atoms with van der Waals surface area (Å²) < 4.78 is 11.7. The molecular weight excluding hydrogens is 675 g/mol. The Balaban J connectivity index is 1.02. The van der Waals surface area contributed by atoms with Crippen LogP contribution in [-0.2, 0) is 0 Å². The number of hydrogen-bond donors (Lipinski definition) is 2. The van der Waals surface area contributed by atoms with Gasteiger partial charge in [-0.3, -0.25) is 15.5 Å². The number of nitrogens with zero attached hydrogens (tertiary/aromatic N) is 1. The lowest BCUT2D eigenvalue weighted by Gasteiger charge is -2.45. The van der Waals surface area contributed by atoms with Crippen molar-refractivity contribution in [2.24, 2.45) is 0 Å². The number of rotatable bonds is 4. The van der Waals surface area contributed by atoms with Crippen LogP contribution in [-0.4, -0.2) is 11.9 Å². The number of para-hydroxylation sites is 2. The Morgan fingerprint density at radius 3 is 1.96 bits per heavy atom. The Kier molecular flexibility index (Phi) is 6.91. The molecule has 3 atom stereocenters. The molecule has 1 fully saturated rings. The van der Waals surface area contributed by atoms with Crippen molar-refractivity contribution in [3.63, 3.8) is 0 Å². The molecule has 0 bridgehead atoms. The van der Waals surface area contributed by atoms with Gasteiger partial charge in [0.1, 0.15) is 11.2 Å². The van der Waals surface area contributed by atoms with E-state index in [4.69, 9.17) is 4.42 Å². The van der Waals surface area contributed by atoms with Crippen molar-refractivity contribution in [1.82, 2.24) is 15.5 Å². The van der Waals surface area contributed by atoms with Crippen LogP contribution in [0.5, 0.6) is 0 Å². The van der Waals surface area contributed by atoms with E-state index in [0.29, 0.717) is 0 Å². The molecule has 6 heteroatoms. The Hall–Kier alpha value is -5.34. The number of thiophene rings is 2. The number of benzene rings is 7. The monoisotopic (exact) mass is 707 g/mol. The topological polar surface area (TPSA) is 40.4 Å². The predicted octanol–water partition coefficient (Wildman–Crippen LogP) is 12.5. The normalized spacial score (nSPS) is 18.4. The first-order chi connectivity index (χ1) is 25.7. The maximum absolute atomic E-state index is 6.49. The van der Waals surface area contributed by atoms with E-state index in [9.17, 15) is 0 Å². The summed E-state index contributed by atoms with van der Waals surface area (Å²) in [5, 5.41) is 15.5. The fraction of sp³-hybridized carbons (Fsp3) is 0.0870. The highest BCUT2D eigenvalue weighted by Crippen LogP contribution is 2.45. The van der Waals surface area contributed by atoms with Crippen LogP contribution < -0.4 is 10.6 Å². The zero-order valence-electron chi connectivity index (χ0n) is 28.3. The third-order valence-electron chi connectivity index (χ3n) is 10.8. The highest BCUT2D eigenvalue weighted by molar-refractivity contribution is 7.26. The van der Waals surface area contributed by atoms with E-state index in [-0.39, 0.29) is 18.5 Å². The third-order valence-corrected chi connectivity index (χ3v) is 13.2. The van der Waals surface area contributed by atoms with Gasteiger partial charge < -0.3 is 4.42 Å². The van der Waals surface area contributed by atoms with Gasteiger partial charge in [0.25, 0.3) is 0 Å². The van der Waals surface area contributed by atoms with Gasteiger partial charge >= 0.3 is 0 Å². The zero-order chi connectivity index (χ0) is 34.3. The van der Waals surface area contributed by atoms with Gasteiger partial charge in [-0.05, 0) is 48.0 Å². The molecule has 3 aromatic heterocycles. The van der Waals surface area contributed by atoms with Crippen molar-refractivity contribution < 1.29 is 4.42 Å². The van der Waals surface area contributed by atoms with E-state index >= 15 is 0 Å². The molecular formula is C46H33N3OS2. The summed E-state index contributed by atoms with van der Waals surface area (Å²) in [4.78, 5) is 2.42. The fourth-order valence-corrected chi connectivity index (χ4v) is 10.8. The highest BCUT2D eigenvalue weighted by Gasteiger charge is 2.35. The first kappa shape index (κ1) is 30.3. The Morgan fingerprint density at radius 2 is 1.10 bits per heavy atom. The minimum absolute atomic E-state index is 0.0181. The summed E-state index contributed by atoms with van der Waals surface area (Å²) in [7, 11) is 2.22. The molecule has 250 valence electrons. The average Bonchev–Trinajstić information content (AvgIpc) is 3.89. The first-order valence-electron chi connectivity index (χ1n) is 17.7. The second kappa shape index (κ2) is 11.9. The molecule has 10 aromatic rings. The van der Waals surface area contributed by atoms with Crippen molar-refractivity contribution >= 4 is 85.0 Å². The van der Waals surface area contributed by atoms with Gasteiger partial charge in [0, 0.05) is 62.2 Å². The van der Waals surface area contributed by atoms with Crippen LogP contribution in [0.2, 0.25) is 0 Å². The molecule has 0 amide bonds. The van der Waals surface area contributed by atoms with Crippen molar-refractivity contribution in [2.45, 2.75) is 18.5 Å². The summed E-state index contributed by atoms with van der Waals surface area (Å²) in [5.74, 6) is 0. The number of nitrogens with one attached hydrogen (secondary N) is 2. The number of fused-ring (bicyclic) bond motifs is 9. The minimum atomic E-state index is -0.0463. The predicted molar refractivity (Wildman–Crippen MR) is 220 cm³/mol. The van der Waals surface area contributed by atoms with Crippen LogP contribution in [0.25, 0.3) is 73.4 Å². The third kappa shape index (κ3) is 4.69. The number of furan rings is 1. The molecule has 0 spiro atoms. The van der Waals surface area contributed by atoms with Gasteiger partial charge in [-0.15, -0.1) is 22.7 Å². The summed E-state index contributed by atoms with van der Waals surface area (Å²) in [6.07, 6.45) is -0.0486. The first-order valence-corrected chi connectivity index (χ1v) is 19.4. The van der Waals surface area contributed by atoms with Crippen molar-refractivity contribution in [1.29, 1.82) is 0 Å². The van der Waals surface area contributed by atoms with E-state index in [0.717, 1.165) is 27.5 Å². The largest absolute Gasteiger partial charge is 0.455 e. The van der Waals surface area contributed by atoms with Crippen LogP contribution in [0, 0.1) is 0 Å². The Labute approximate surface area is 308 Å². The fourth-order valence-electron chi connectivity index (χ4n) is 8.32. The molecule has 0 saturated carbocycles. The van der Waals surface area contributed by atoms with Gasteiger partial charge in [-0.25, -0.2) is 0 Å². The van der Waals surface area contributed by atoms with Gasteiger partial charge in [-0.1, -0.05) is 127 Å². The van der Waals surface area contributed by atoms with Crippen LogP contribution in [0.4, 0.5) is 0 Å². The van der Waals surface area contributed by atoms with E-state index in [1.165, 1.54) is 62.6 Å². The molecule has 52 heavy (non-hydrogen) atoms. The smallest absolute Gasteiger partial charge is 0.143 e. The number of hydrogen-bond acceptors (Lipinski definition) is 6. The van der Waals surface area contributed by atoms with Crippen LogP contribution in [0.3, 0.4) is 0 Å². The Bertz CT molecular complexity index is 2980. The molecule has 7 aromatic carbocycles. The molecule has 1 aliphatic rings. The van der Waals surface area contributed by atoms with Crippen LogP contribution >= 0.6 is 22.7 Å². The molecule has 3 unspecified atom stereocenters.